The maximum Gasteiger partial charge on any atom is 0.471 e. The van der Waals surface area contributed by atoms with Crippen molar-refractivity contribution in [2.45, 2.75) is 43.2 Å². The van der Waals surface area contributed by atoms with Crippen LogP contribution in [-0.2, 0) is 14.3 Å². The van der Waals surface area contributed by atoms with Crippen molar-refractivity contribution >= 4 is 5.91 Å². The monoisotopic (exact) mass is 271 g/mol. The van der Waals surface area contributed by atoms with Crippen molar-refractivity contribution < 1.29 is 37.7 Å². The average Bonchev–Trinajstić information content (AvgIpc) is 2.62. The second-order valence-corrected chi connectivity index (χ2v) is 4.54. The number of halogens is 3. The molecule has 2 saturated heterocycles. The van der Waals surface area contributed by atoms with Crippen molar-refractivity contribution in [3.63, 3.8) is 0 Å². The molecule has 0 saturated carbocycles. The van der Waals surface area contributed by atoms with Gasteiger partial charge in [-0.3, -0.25) is 4.79 Å². The van der Waals surface area contributed by atoms with Crippen LogP contribution in [0, 0.1) is 0 Å². The van der Waals surface area contributed by atoms with E-state index in [2.05, 4.69) is 0 Å². The first kappa shape index (κ1) is 13.5. The van der Waals surface area contributed by atoms with Crippen LogP contribution in [0.1, 0.15) is 6.92 Å². The minimum absolute atomic E-state index is 0.0751. The average molecular weight is 271 g/mol. The minimum atomic E-state index is -5.08. The quantitative estimate of drug-likeness (QED) is 0.563. The number of ether oxygens (including phenoxy) is 2. The van der Waals surface area contributed by atoms with E-state index in [1.54, 1.807) is 5.32 Å². The van der Waals surface area contributed by atoms with Gasteiger partial charge in [-0.25, -0.2) is 0 Å². The third-order valence-corrected chi connectivity index (χ3v) is 3.09. The highest BCUT2D eigenvalue weighted by atomic mass is 19.4. The summed E-state index contributed by atoms with van der Waals surface area (Å²) in [6, 6.07) is -1.47. The Morgan fingerprint density at radius 2 is 2.06 bits per heavy atom. The Bertz CT molecular complexity index is 363. The first-order chi connectivity index (χ1) is 8.15. The van der Waals surface area contributed by atoms with Crippen molar-refractivity contribution in [3.05, 3.63) is 0 Å². The lowest BCUT2D eigenvalue weighted by Gasteiger charge is -2.41. The van der Waals surface area contributed by atoms with Gasteiger partial charge in [-0.2, -0.15) is 13.2 Å². The summed E-state index contributed by atoms with van der Waals surface area (Å²) in [7, 11) is 0. The lowest BCUT2D eigenvalue weighted by Crippen LogP contribution is -2.65. The number of fused-ring (bicyclic) bond motifs is 2. The van der Waals surface area contributed by atoms with Crippen molar-refractivity contribution in [1.29, 1.82) is 0 Å². The van der Waals surface area contributed by atoms with Crippen molar-refractivity contribution in [2.75, 3.05) is 6.61 Å². The lowest BCUT2D eigenvalue weighted by atomic mass is 9.89. The number of hydrogen-bond donors (Lipinski definition) is 3. The van der Waals surface area contributed by atoms with Crippen LogP contribution >= 0.6 is 0 Å². The fourth-order valence-corrected chi connectivity index (χ4v) is 2.02. The Balaban J connectivity index is 2.12. The summed E-state index contributed by atoms with van der Waals surface area (Å²) in [5, 5.41) is 21.0. The molecule has 0 spiro atoms. The fraction of sp³-hybridized carbons (Fsp3) is 0.889. The van der Waals surface area contributed by atoms with E-state index >= 15 is 0 Å². The summed E-state index contributed by atoms with van der Waals surface area (Å²) >= 11 is 0. The van der Waals surface area contributed by atoms with Gasteiger partial charge in [0.1, 0.15) is 23.9 Å². The molecule has 0 aliphatic carbocycles. The molecule has 9 heteroatoms. The Morgan fingerprint density at radius 3 is 2.61 bits per heavy atom. The molecule has 0 radical (unpaired) electrons. The topological polar surface area (TPSA) is 88.0 Å². The number of aliphatic hydroxyl groups is 2. The van der Waals surface area contributed by atoms with Crippen LogP contribution in [0.4, 0.5) is 13.2 Å². The maximum atomic E-state index is 12.1. The zero-order chi connectivity index (χ0) is 13.7. The van der Waals surface area contributed by atoms with E-state index in [9.17, 15) is 28.2 Å². The minimum Gasteiger partial charge on any atom is -0.388 e. The van der Waals surface area contributed by atoms with Crippen molar-refractivity contribution in [3.8, 4) is 0 Å². The van der Waals surface area contributed by atoms with Gasteiger partial charge in [0.05, 0.1) is 6.61 Å². The first-order valence-corrected chi connectivity index (χ1v) is 5.18. The molecule has 6 nitrogen and oxygen atoms in total. The second kappa shape index (κ2) is 4.05. The van der Waals surface area contributed by atoms with Crippen LogP contribution in [0.2, 0.25) is 0 Å². The number of nitrogens with one attached hydrogen (secondary N) is 1. The number of hydrogen-bond acceptors (Lipinski definition) is 5. The Kier molecular flexibility index (Phi) is 3.05. The molecule has 1 amide bonds. The molecule has 2 bridgehead atoms. The molecule has 104 valence electrons. The predicted molar refractivity (Wildman–Crippen MR) is 49.2 cm³/mol. The van der Waals surface area contributed by atoms with Crippen LogP contribution in [0.3, 0.4) is 0 Å². The van der Waals surface area contributed by atoms with E-state index in [1.165, 1.54) is 6.92 Å². The molecule has 5 atom stereocenters. The normalized spacial score (nSPS) is 43.9. The summed E-state index contributed by atoms with van der Waals surface area (Å²) in [6.45, 7) is 1.39. The lowest BCUT2D eigenvalue weighted by molar-refractivity contribution is -0.223. The molecule has 0 unspecified atom stereocenters. The maximum absolute atomic E-state index is 12.1. The van der Waals surface area contributed by atoms with Crippen LogP contribution < -0.4 is 5.32 Å². The fourth-order valence-electron chi connectivity index (χ4n) is 2.02. The highest BCUT2D eigenvalue weighted by Gasteiger charge is 2.58. The molecule has 2 aliphatic rings. The Hall–Kier alpha value is -0.900. The molecule has 18 heavy (non-hydrogen) atoms. The largest absolute Gasteiger partial charge is 0.471 e. The van der Waals surface area contributed by atoms with Gasteiger partial charge in [-0.15, -0.1) is 0 Å². The summed E-state index contributed by atoms with van der Waals surface area (Å²) in [6.07, 6.45) is -9.33. The summed E-state index contributed by atoms with van der Waals surface area (Å²) in [4.78, 5) is 10.8. The van der Waals surface area contributed by atoms with E-state index in [-0.39, 0.29) is 6.61 Å². The van der Waals surface area contributed by atoms with Gasteiger partial charge in [0.15, 0.2) is 6.29 Å². The van der Waals surface area contributed by atoms with Gasteiger partial charge < -0.3 is 25.0 Å². The number of amides is 1. The van der Waals surface area contributed by atoms with E-state index in [4.69, 9.17) is 9.47 Å². The van der Waals surface area contributed by atoms with Gasteiger partial charge in [-0.05, 0) is 6.92 Å². The molecule has 3 N–H and O–H groups in total. The second-order valence-electron chi connectivity index (χ2n) is 4.54. The highest BCUT2D eigenvalue weighted by Crippen LogP contribution is 2.36. The molecule has 0 aromatic rings. The molecule has 0 aromatic heterocycles. The molecular formula is C9H12F3NO5. The van der Waals surface area contributed by atoms with E-state index < -0.39 is 42.2 Å². The first-order valence-electron chi connectivity index (χ1n) is 5.18. The predicted octanol–water partition coefficient (Wildman–Crippen LogP) is -1.10. The molecule has 2 rings (SSSR count). The van der Waals surface area contributed by atoms with Gasteiger partial charge >= 0.3 is 12.1 Å². The third kappa shape index (κ3) is 2.07. The van der Waals surface area contributed by atoms with Gasteiger partial charge in [0, 0.05) is 0 Å². The number of alkyl halides is 3. The SMILES string of the molecule is C[C@@]12CO[C@@H](O1)[C@@H](NC(=O)C(F)(F)F)[C@@H](O)[C@@H]2O. The van der Waals surface area contributed by atoms with Gasteiger partial charge in [0.2, 0.25) is 0 Å². The molecular weight excluding hydrogens is 259 g/mol. The van der Waals surface area contributed by atoms with Crippen LogP contribution in [0.25, 0.3) is 0 Å². The van der Waals surface area contributed by atoms with E-state index in [1.807, 2.05) is 0 Å². The van der Waals surface area contributed by atoms with Crippen molar-refractivity contribution in [2.24, 2.45) is 0 Å². The highest BCUT2D eigenvalue weighted by molar-refractivity contribution is 5.82. The van der Waals surface area contributed by atoms with Crippen LogP contribution in [0.5, 0.6) is 0 Å². The van der Waals surface area contributed by atoms with Gasteiger partial charge in [0.25, 0.3) is 0 Å². The third-order valence-electron chi connectivity index (χ3n) is 3.09. The number of aliphatic hydroxyl groups excluding tert-OH is 2. The molecule has 2 aliphatic heterocycles. The van der Waals surface area contributed by atoms with Crippen molar-refractivity contribution in [1.82, 2.24) is 5.32 Å². The van der Waals surface area contributed by atoms with E-state index in [0.717, 1.165) is 0 Å². The summed E-state index contributed by atoms with van der Waals surface area (Å²) < 4.78 is 46.5. The number of carbonyl (C=O) groups is 1. The summed E-state index contributed by atoms with van der Waals surface area (Å²) in [5.41, 5.74) is -1.18. The Morgan fingerprint density at radius 1 is 1.44 bits per heavy atom. The molecule has 0 aromatic carbocycles. The Labute approximate surface area is 99.7 Å². The summed E-state index contributed by atoms with van der Waals surface area (Å²) in [5.74, 6) is -2.22. The number of carbonyl (C=O) groups excluding carboxylic acids is 1. The standard InChI is InChI=1S/C9H12F3NO5/c1-8-2-17-6(18-8)3(4(14)5(8)15)13-7(16)9(10,11)12/h3-6,14-15H,2H2,1H3,(H,13,16)/t3-,4+,5-,6-,8-/m0/s1. The molecule has 2 fully saturated rings. The van der Waals surface area contributed by atoms with Crippen LogP contribution in [0.15, 0.2) is 0 Å². The number of rotatable bonds is 1. The smallest absolute Gasteiger partial charge is 0.388 e. The van der Waals surface area contributed by atoms with Gasteiger partial charge in [-0.1, -0.05) is 0 Å². The zero-order valence-corrected chi connectivity index (χ0v) is 9.27. The van der Waals surface area contributed by atoms with E-state index in [0.29, 0.717) is 0 Å². The molecule has 2 heterocycles. The van der Waals surface area contributed by atoms with Crippen LogP contribution in [-0.4, -0.2) is 59.0 Å². The zero-order valence-electron chi connectivity index (χ0n) is 9.27.